The van der Waals surface area contributed by atoms with Crippen molar-refractivity contribution < 1.29 is 13.5 Å². The highest BCUT2D eigenvalue weighted by molar-refractivity contribution is 5.47. The molecule has 3 rings (SSSR count). The van der Waals surface area contributed by atoms with Crippen LogP contribution in [0.25, 0.3) is 0 Å². The first-order chi connectivity index (χ1) is 7.59. The zero-order chi connectivity index (χ0) is 11.4. The molecule has 2 aliphatic rings. The Bertz CT molecular complexity index is 447. The van der Waals surface area contributed by atoms with Crippen LogP contribution in [0.2, 0.25) is 0 Å². The summed E-state index contributed by atoms with van der Waals surface area (Å²) in [4.78, 5) is 0. The Labute approximate surface area is 92.4 Å². The normalized spacial score (nSPS) is 29.7. The van der Waals surface area contributed by atoms with Gasteiger partial charge in [0.05, 0.1) is 12.0 Å². The first kappa shape index (κ1) is 10.0. The van der Waals surface area contributed by atoms with Crippen LogP contribution >= 0.6 is 0 Å². The first-order valence-electron chi connectivity index (χ1n) is 5.43. The van der Waals surface area contributed by atoms with Crippen LogP contribution in [0, 0.1) is 0 Å². The molecule has 4 heteroatoms. The summed E-state index contributed by atoms with van der Waals surface area (Å²) in [6, 6.07) is 5.33. The van der Waals surface area contributed by atoms with E-state index in [1.165, 1.54) is 0 Å². The fourth-order valence-electron chi connectivity index (χ4n) is 2.47. The van der Waals surface area contributed by atoms with Crippen LogP contribution in [0.5, 0.6) is 5.75 Å². The average Bonchev–Trinajstić information content (AvgIpc) is 2.63. The molecule has 0 bridgehead atoms. The van der Waals surface area contributed by atoms with E-state index in [1.54, 1.807) is 12.1 Å². The lowest BCUT2D eigenvalue weighted by molar-refractivity contribution is 0.0896. The molecule has 1 aliphatic heterocycles. The number of fused-ring (bicyclic) bond motifs is 1. The van der Waals surface area contributed by atoms with Gasteiger partial charge in [-0.25, -0.2) is 8.78 Å². The molecular weight excluding hydrogens is 212 g/mol. The summed E-state index contributed by atoms with van der Waals surface area (Å²) in [6.45, 7) is 0.643. The Balaban J connectivity index is 2.02. The van der Waals surface area contributed by atoms with Gasteiger partial charge in [0.2, 0.25) is 0 Å². The highest BCUT2D eigenvalue weighted by Crippen LogP contribution is 2.61. The van der Waals surface area contributed by atoms with Gasteiger partial charge in [-0.05, 0) is 17.2 Å². The minimum absolute atomic E-state index is 0.000353. The molecule has 0 spiro atoms. The van der Waals surface area contributed by atoms with E-state index in [0.717, 1.165) is 17.7 Å². The Morgan fingerprint density at radius 1 is 1.38 bits per heavy atom. The van der Waals surface area contributed by atoms with Crippen molar-refractivity contribution >= 4 is 0 Å². The minimum Gasteiger partial charge on any atom is -0.493 e. The summed E-state index contributed by atoms with van der Waals surface area (Å²) >= 11 is 0. The molecule has 1 aromatic rings. The number of alkyl halides is 2. The number of halogens is 2. The maximum absolute atomic E-state index is 13.4. The third-order valence-electron chi connectivity index (χ3n) is 3.69. The van der Waals surface area contributed by atoms with E-state index < -0.39 is 11.3 Å². The van der Waals surface area contributed by atoms with Gasteiger partial charge in [-0.2, -0.15) is 0 Å². The van der Waals surface area contributed by atoms with E-state index in [0.29, 0.717) is 12.2 Å². The fraction of sp³-hybridized carbons (Fsp3) is 0.500. The van der Waals surface area contributed by atoms with Gasteiger partial charge in [-0.3, -0.25) is 0 Å². The van der Waals surface area contributed by atoms with Crippen molar-refractivity contribution in [2.75, 3.05) is 13.2 Å². The van der Waals surface area contributed by atoms with Gasteiger partial charge in [0.25, 0.3) is 5.92 Å². The second-order valence-corrected chi connectivity index (χ2v) is 4.59. The lowest BCUT2D eigenvalue weighted by Gasteiger charge is -2.15. The van der Waals surface area contributed by atoms with E-state index in [4.69, 9.17) is 10.5 Å². The van der Waals surface area contributed by atoms with E-state index in [9.17, 15) is 8.78 Å². The second-order valence-electron chi connectivity index (χ2n) is 4.59. The number of hydrogen-bond acceptors (Lipinski definition) is 2. The van der Waals surface area contributed by atoms with E-state index in [-0.39, 0.29) is 13.0 Å². The summed E-state index contributed by atoms with van der Waals surface area (Å²) in [7, 11) is 0. The van der Waals surface area contributed by atoms with Crippen molar-refractivity contribution in [3.63, 3.8) is 0 Å². The van der Waals surface area contributed by atoms with Gasteiger partial charge in [-0.1, -0.05) is 12.1 Å². The van der Waals surface area contributed by atoms with Crippen LogP contribution in [0.1, 0.15) is 17.5 Å². The maximum atomic E-state index is 13.4. The summed E-state index contributed by atoms with van der Waals surface area (Å²) in [5, 5.41) is 0. The highest BCUT2D eigenvalue weighted by atomic mass is 19.3. The zero-order valence-electron chi connectivity index (χ0n) is 8.80. The Morgan fingerprint density at radius 2 is 2.12 bits per heavy atom. The van der Waals surface area contributed by atoms with Crippen molar-refractivity contribution in [2.24, 2.45) is 5.73 Å². The molecule has 1 unspecified atom stereocenters. The predicted octanol–water partition coefficient (Wildman–Crippen LogP) is 1.86. The number of nitrogens with two attached hydrogens (primary N) is 1. The minimum atomic E-state index is -2.64. The van der Waals surface area contributed by atoms with Crippen molar-refractivity contribution in [3.05, 3.63) is 29.3 Å². The molecule has 86 valence electrons. The molecule has 1 fully saturated rings. The average molecular weight is 225 g/mol. The van der Waals surface area contributed by atoms with Crippen LogP contribution < -0.4 is 10.5 Å². The molecule has 0 radical (unpaired) electrons. The fourth-order valence-corrected chi connectivity index (χ4v) is 2.47. The number of rotatable bonds is 2. The van der Waals surface area contributed by atoms with Crippen LogP contribution in [0.3, 0.4) is 0 Å². The lowest BCUT2D eigenvalue weighted by atomic mass is 9.93. The zero-order valence-corrected chi connectivity index (χ0v) is 8.80. The molecule has 1 aromatic carbocycles. The van der Waals surface area contributed by atoms with Gasteiger partial charge >= 0.3 is 0 Å². The Kier molecular flexibility index (Phi) is 1.84. The topological polar surface area (TPSA) is 35.2 Å². The summed E-state index contributed by atoms with van der Waals surface area (Å²) < 4.78 is 32.1. The summed E-state index contributed by atoms with van der Waals surface area (Å²) in [5.41, 5.74) is 6.07. The van der Waals surface area contributed by atoms with E-state index in [2.05, 4.69) is 0 Å². The summed E-state index contributed by atoms with van der Waals surface area (Å²) in [6.07, 6.45) is 0.672. The third-order valence-corrected chi connectivity index (χ3v) is 3.69. The van der Waals surface area contributed by atoms with Crippen molar-refractivity contribution in [2.45, 2.75) is 24.2 Å². The monoisotopic (exact) mass is 225 g/mol. The molecule has 0 saturated heterocycles. The largest absolute Gasteiger partial charge is 0.493 e. The molecule has 1 saturated carbocycles. The predicted molar refractivity (Wildman–Crippen MR) is 55.9 cm³/mol. The van der Waals surface area contributed by atoms with Crippen molar-refractivity contribution in [3.8, 4) is 5.75 Å². The molecule has 16 heavy (non-hydrogen) atoms. The van der Waals surface area contributed by atoms with Gasteiger partial charge < -0.3 is 10.5 Å². The first-order valence-corrected chi connectivity index (χ1v) is 5.43. The quantitative estimate of drug-likeness (QED) is 0.833. The van der Waals surface area contributed by atoms with Crippen molar-refractivity contribution in [1.29, 1.82) is 0 Å². The molecule has 1 atom stereocenters. The molecule has 2 nitrogen and oxygen atoms in total. The SMILES string of the molecule is NCC1(c2ccc3c(c2)CCO3)CC1(F)F. The van der Waals surface area contributed by atoms with Gasteiger partial charge in [0.15, 0.2) is 0 Å². The molecule has 0 amide bonds. The standard InChI is InChI=1S/C12H13F2NO/c13-12(14)6-11(12,7-15)9-1-2-10-8(5-9)3-4-16-10/h1-2,5H,3-4,6-7,15H2. The van der Waals surface area contributed by atoms with Crippen LogP contribution in [0.15, 0.2) is 18.2 Å². The van der Waals surface area contributed by atoms with Crippen LogP contribution in [-0.4, -0.2) is 19.1 Å². The lowest BCUT2D eigenvalue weighted by Crippen LogP contribution is -2.26. The molecule has 2 N–H and O–H groups in total. The molecule has 0 aromatic heterocycles. The Morgan fingerprint density at radius 3 is 2.75 bits per heavy atom. The van der Waals surface area contributed by atoms with Crippen LogP contribution in [-0.2, 0) is 11.8 Å². The number of ether oxygens (including phenoxy) is 1. The van der Waals surface area contributed by atoms with Gasteiger partial charge in [-0.15, -0.1) is 0 Å². The highest BCUT2D eigenvalue weighted by Gasteiger charge is 2.71. The van der Waals surface area contributed by atoms with Crippen molar-refractivity contribution in [1.82, 2.24) is 0 Å². The number of hydrogen-bond donors (Lipinski definition) is 1. The molecular formula is C12H13F2NO. The van der Waals surface area contributed by atoms with Gasteiger partial charge in [0, 0.05) is 19.4 Å². The smallest absolute Gasteiger partial charge is 0.260 e. The second kappa shape index (κ2) is 2.94. The maximum Gasteiger partial charge on any atom is 0.260 e. The van der Waals surface area contributed by atoms with E-state index >= 15 is 0 Å². The third kappa shape index (κ3) is 1.13. The van der Waals surface area contributed by atoms with Gasteiger partial charge in [0.1, 0.15) is 5.75 Å². The molecule has 1 heterocycles. The van der Waals surface area contributed by atoms with E-state index in [1.807, 2.05) is 6.07 Å². The summed E-state index contributed by atoms with van der Waals surface area (Å²) in [5.74, 6) is -1.82. The number of benzene rings is 1. The van der Waals surface area contributed by atoms with Crippen LogP contribution in [0.4, 0.5) is 8.78 Å². The Hall–Kier alpha value is -1.16. The molecule has 1 aliphatic carbocycles.